The first-order chi connectivity index (χ1) is 7.22. The van der Waals surface area contributed by atoms with Gasteiger partial charge in [0, 0.05) is 0 Å². The van der Waals surface area contributed by atoms with Crippen molar-refractivity contribution < 1.29 is 0 Å². The lowest BCUT2D eigenvalue weighted by atomic mass is 10.3. The molecular weight excluding hydrogens is 214 g/mol. The molecule has 0 spiro atoms. The Morgan fingerprint density at radius 2 is 2.27 bits per heavy atom. The van der Waals surface area contributed by atoms with Crippen molar-refractivity contribution in [3.63, 3.8) is 0 Å². The van der Waals surface area contributed by atoms with Crippen LogP contribution in [0.1, 0.15) is 5.82 Å². The predicted molar refractivity (Wildman–Crippen MR) is 55.5 cm³/mol. The Kier molecular flexibility index (Phi) is 2.27. The van der Waals surface area contributed by atoms with E-state index in [4.69, 9.17) is 22.6 Å². The Morgan fingerprint density at radius 3 is 2.87 bits per heavy atom. The van der Waals surface area contributed by atoms with Crippen LogP contribution in [0.5, 0.6) is 0 Å². The van der Waals surface area contributed by atoms with E-state index in [1.165, 1.54) is 11.0 Å². The van der Waals surface area contributed by atoms with Gasteiger partial charge in [-0.05, 0) is 12.1 Å². The average Bonchev–Trinajstić information content (AvgIpc) is 2.66. The molecule has 0 radical (unpaired) electrons. The first-order valence-electron chi connectivity index (χ1n) is 4.08. The van der Waals surface area contributed by atoms with Crippen molar-refractivity contribution in [1.82, 2.24) is 14.8 Å². The molecule has 15 heavy (non-hydrogen) atoms. The highest BCUT2D eigenvalue weighted by molar-refractivity contribution is 6.32. The maximum absolute atomic E-state index is 8.58. The molecule has 5 nitrogen and oxygen atoms in total. The zero-order valence-electron chi connectivity index (χ0n) is 7.55. The summed E-state index contributed by atoms with van der Waals surface area (Å²) in [6.45, 7) is 0. The predicted octanol–water partition coefficient (Wildman–Crippen LogP) is 1.37. The van der Waals surface area contributed by atoms with Gasteiger partial charge in [0.05, 0.1) is 10.7 Å². The smallest absolute Gasteiger partial charge is 0.252 e. The van der Waals surface area contributed by atoms with Crippen molar-refractivity contribution in [2.75, 3.05) is 5.73 Å². The number of nitrogens with two attached hydrogens (primary N) is 1. The van der Waals surface area contributed by atoms with E-state index in [0.717, 1.165) is 0 Å². The van der Waals surface area contributed by atoms with Crippen LogP contribution in [0.2, 0.25) is 5.02 Å². The van der Waals surface area contributed by atoms with Gasteiger partial charge in [-0.3, -0.25) is 0 Å². The summed E-state index contributed by atoms with van der Waals surface area (Å²) in [5.41, 5.74) is 6.77. The van der Waals surface area contributed by atoms with E-state index < -0.39 is 0 Å². The molecule has 0 bridgehead atoms. The van der Waals surface area contributed by atoms with Crippen LogP contribution in [0.25, 0.3) is 5.69 Å². The fraction of sp³-hybridized carbons (Fsp3) is 0. The van der Waals surface area contributed by atoms with Crippen molar-refractivity contribution in [3.8, 4) is 11.8 Å². The van der Waals surface area contributed by atoms with Crippen molar-refractivity contribution in [2.45, 2.75) is 0 Å². The normalized spacial score (nSPS) is 9.87. The summed E-state index contributed by atoms with van der Waals surface area (Å²) >= 11 is 5.96. The zero-order valence-corrected chi connectivity index (χ0v) is 8.31. The molecule has 2 aromatic rings. The first-order valence-corrected chi connectivity index (χ1v) is 4.46. The van der Waals surface area contributed by atoms with E-state index >= 15 is 0 Å². The SMILES string of the molecule is N#Cc1ncn(-c2c(N)cccc2Cl)n1. The largest absolute Gasteiger partial charge is 0.397 e. The Hall–Kier alpha value is -2.06. The van der Waals surface area contributed by atoms with E-state index in [-0.39, 0.29) is 5.82 Å². The van der Waals surface area contributed by atoms with Gasteiger partial charge in [0.2, 0.25) is 0 Å². The molecule has 0 atom stereocenters. The van der Waals surface area contributed by atoms with Crippen molar-refractivity contribution in [1.29, 1.82) is 5.26 Å². The minimum absolute atomic E-state index is 0.0781. The van der Waals surface area contributed by atoms with Crippen molar-refractivity contribution in [2.24, 2.45) is 0 Å². The number of hydrogen-bond donors (Lipinski definition) is 1. The molecule has 0 fully saturated rings. The van der Waals surface area contributed by atoms with E-state index in [1.54, 1.807) is 18.2 Å². The number of hydrogen-bond acceptors (Lipinski definition) is 4. The van der Waals surface area contributed by atoms with Crippen LogP contribution >= 0.6 is 11.6 Å². The molecule has 0 saturated carbocycles. The first kappa shape index (κ1) is 9.49. The van der Waals surface area contributed by atoms with Gasteiger partial charge in [0.25, 0.3) is 5.82 Å². The van der Waals surface area contributed by atoms with E-state index in [9.17, 15) is 0 Å². The summed E-state index contributed by atoms with van der Waals surface area (Å²) in [5, 5.41) is 12.9. The maximum atomic E-state index is 8.58. The van der Waals surface area contributed by atoms with Crippen LogP contribution in [-0.2, 0) is 0 Å². The van der Waals surface area contributed by atoms with Crippen LogP contribution in [0.15, 0.2) is 24.5 Å². The average molecular weight is 220 g/mol. The van der Waals surface area contributed by atoms with Gasteiger partial charge < -0.3 is 5.73 Å². The minimum Gasteiger partial charge on any atom is -0.397 e. The molecule has 2 N–H and O–H groups in total. The molecule has 0 amide bonds. The molecule has 2 rings (SSSR count). The number of halogens is 1. The molecule has 0 unspecified atom stereocenters. The van der Waals surface area contributed by atoms with Crippen LogP contribution < -0.4 is 5.73 Å². The summed E-state index contributed by atoms with van der Waals surface area (Å²) in [4.78, 5) is 3.77. The van der Waals surface area contributed by atoms with Crippen LogP contribution in [0, 0.1) is 11.3 Å². The fourth-order valence-corrected chi connectivity index (χ4v) is 1.46. The van der Waals surface area contributed by atoms with Crippen molar-refractivity contribution >= 4 is 17.3 Å². The molecule has 0 aliphatic heterocycles. The van der Waals surface area contributed by atoms with E-state index in [2.05, 4.69) is 10.1 Å². The minimum atomic E-state index is 0.0781. The second-order valence-corrected chi connectivity index (χ2v) is 3.21. The number of benzene rings is 1. The lowest BCUT2D eigenvalue weighted by Gasteiger charge is -2.05. The third-order valence-corrected chi connectivity index (χ3v) is 2.14. The second kappa shape index (κ2) is 3.59. The molecule has 1 aromatic carbocycles. The highest BCUT2D eigenvalue weighted by Crippen LogP contribution is 2.25. The Balaban J connectivity index is 2.59. The van der Waals surface area contributed by atoms with Crippen molar-refractivity contribution in [3.05, 3.63) is 35.4 Å². The standard InChI is InChI=1S/C9H6ClN5/c10-6-2-1-3-7(12)9(6)15-5-13-8(4-11)14-15/h1-3,5H,12H2. The molecular formula is C9H6ClN5. The van der Waals surface area contributed by atoms with E-state index in [0.29, 0.717) is 16.4 Å². The third-order valence-electron chi connectivity index (χ3n) is 1.84. The zero-order chi connectivity index (χ0) is 10.8. The molecule has 0 saturated heterocycles. The maximum Gasteiger partial charge on any atom is 0.252 e. The lowest BCUT2D eigenvalue weighted by Crippen LogP contribution is -2.01. The van der Waals surface area contributed by atoms with Gasteiger partial charge >= 0.3 is 0 Å². The van der Waals surface area contributed by atoms with Crippen LogP contribution in [0.3, 0.4) is 0 Å². The number of rotatable bonds is 1. The summed E-state index contributed by atoms with van der Waals surface area (Å²) in [6.07, 6.45) is 1.40. The Labute approximate surface area is 90.7 Å². The molecule has 74 valence electrons. The molecule has 1 aromatic heterocycles. The Morgan fingerprint density at radius 1 is 1.47 bits per heavy atom. The van der Waals surface area contributed by atoms with Gasteiger partial charge in [-0.1, -0.05) is 17.7 Å². The number of nitriles is 1. The van der Waals surface area contributed by atoms with Gasteiger partial charge in [-0.2, -0.15) is 5.26 Å². The van der Waals surface area contributed by atoms with Gasteiger partial charge in [-0.25, -0.2) is 9.67 Å². The van der Waals surface area contributed by atoms with Gasteiger partial charge in [0.1, 0.15) is 18.1 Å². The molecule has 0 aliphatic carbocycles. The van der Waals surface area contributed by atoms with Crippen LogP contribution in [0.4, 0.5) is 5.69 Å². The monoisotopic (exact) mass is 219 g/mol. The highest BCUT2D eigenvalue weighted by Gasteiger charge is 2.08. The quantitative estimate of drug-likeness (QED) is 0.735. The number of para-hydroxylation sites is 1. The lowest BCUT2D eigenvalue weighted by molar-refractivity contribution is 0.875. The molecule has 1 heterocycles. The summed E-state index contributed by atoms with van der Waals surface area (Å²) < 4.78 is 1.39. The Bertz CT molecular complexity index is 519. The van der Waals surface area contributed by atoms with Gasteiger partial charge in [0.15, 0.2) is 0 Å². The fourth-order valence-electron chi connectivity index (χ4n) is 1.20. The van der Waals surface area contributed by atoms with Crippen LogP contribution in [-0.4, -0.2) is 14.8 Å². The summed E-state index contributed by atoms with van der Waals surface area (Å²) in [7, 11) is 0. The topological polar surface area (TPSA) is 80.5 Å². The highest BCUT2D eigenvalue weighted by atomic mass is 35.5. The second-order valence-electron chi connectivity index (χ2n) is 2.80. The third kappa shape index (κ3) is 1.63. The molecule has 0 aliphatic rings. The number of nitrogen functional groups attached to an aromatic ring is 1. The number of anilines is 1. The summed E-state index contributed by atoms with van der Waals surface area (Å²) in [6, 6.07) is 6.97. The number of nitrogens with zero attached hydrogens (tertiary/aromatic N) is 4. The summed E-state index contributed by atoms with van der Waals surface area (Å²) in [5.74, 6) is 0.0781. The number of aromatic nitrogens is 3. The van der Waals surface area contributed by atoms with Gasteiger partial charge in [-0.15, -0.1) is 5.10 Å². The van der Waals surface area contributed by atoms with E-state index in [1.807, 2.05) is 6.07 Å². The molecule has 6 heteroatoms.